The van der Waals surface area contributed by atoms with E-state index in [0.29, 0.717) is 20.8 Å². The van der Waals surface area contributed by atoms with Crippen LogP contribution in [-0.2, 0) is 4.74 Å². The Hall–Kier alpha value is -2.39. The molecule has 0 bridgehead atoms. The van der Waals surface area contributed by atoms with E-state index in [4.69, 9.17) is 5.73 Å². The molecule has 0 fully saturated rings. The third-order valence-corrected chi connectivity index (χ3v) is 4.99. The van der Waals surface area contributed by atoms with Crippen LogP contribution >= 0.6 is 22.7 Å². The summed E-state index contributed by atoms with van der Waals surface area (Å²) in [6.07, 6.45) is 0. The van der Waals surface area contributed by atoms with Crippen LogP contribution in [0.5, 0.6) is 0 Å². The molecule has 7 nitrogen and oxygen atoms in total. The summed E-state index contributed by atoms with van der Waals surface area (Å²) in [5.74, 6) is -0.360. The molecule has 23 heavy (non-hydrogen) atoms. The molecule has 9 heteroatoms. The van der Waals surface area contributed by atoms with Crippen LogP contribution in [0.15, 0.2) is 20.3 Å². The second kappa shape index (κ2) is 6.80. The van der Waals surface area contributed by atoms with Crippen LogP contribution in [0.3, 0.4) is 0 Å². The van der Waals surface area contributed by atoms with Gasteiger partial charge in [0.1, 0.15) is 9.83 Å². The van der Waals surface area contributed by atoms with Crippen molar-refractivity contribution in [2.45, 2.75) is 13.8 Å². The third kappa shape index (κ3) is 3.51. The lowest BCUT2D eigenvalue weighted by molar-refractivity contribution is 0.0601. The Balaban J connectivity index is 0.000000168. The third-order valence-electron chi connectivity index (χ3n) is 3.05. The Bertz CT molecular complexity index is 945. The molecule has 122 valence electrons. The first-order chi connectivity index (χ1) is 10.8. The molecule has 4 N–H and O–H groups in total. The monoisotopic (exact) mass is 353 g/mol. The van der Waals surface area contributed by atoms with Crippen molar-refractivity contribution in [1.82, 2.24) is 9.97 Å². The number of carbonyl (C=O) groups excluding carboxylic acids is 1. The van der Waals surface area contributed by atoms with E-state index in [2.05, 4.69) is 14.7 Å². The normalized spacial score (nSPS) is 10.2. The fourth-order valence-corrected chi connectivity index (χ4v) is 3.67. The van der Waals surface area contributed by atoms with Gasteiger partial charge in [0.15, 0.2) is 0 Å². The van der Waals surface area contributed by atoms with Crippen molar-refractivity contribution < 1.29 is 9.53 Å². The number of nitrogens with two attached hydrogens (primary N) is 1. The number of methoxy groups -OCH3 is 1. The molecule has 3 aromatic heterocycles. The molecule has 0 saturated heterocycles. The smallest absolute Gasteiger partial charge is 0.341 e. The lowest BCUT2D eigenvalue weighted by Gasteiger charge is -1.97. The quantitative estimate of drug-likeness (QED) is 0.578. The zero-order chi connectivity index (χ0) is 17.1. The number of esters is 1. The Kier molecular flexibility index (Phi) is 5.02. The SMILES string of the molecule is COC(=O)c1c(C)csc1N.Cc1csc2[nH]c(=O)[nH]c(=O)c12. The predicted molar refractivity (Wildman–Crippen MR) is 92.6 cm³/mol. The zero-order valence-electron chi connectivity index (χ0n) is 12.7. The zero-order valence-corrected chi connectivity index (χ0v) is 14.3. The van der Waals surface area contributed by atoms with E-state index in [1.54, 1.807) is 0 Å². The maximum atomic E-state index is 11.2. The molecule has 0 saturated carbocycles. The maximum Gasteiger partial charge on any atom is 0.341 e. The van der Waals surface area contributed by atoms with Crippen molar-refractivity contribution >= 4 is 43.9 Å². The molecule has 0 aliphatic rings. The summed E-state index contributed by atoms with van der Waals surface area (Å²) in [7, 11) is 1.35. The molecular weight excluding hydrogens is 338 g/mol. The van der Waals surface area contributed by atoms with Crippen LogP contribution in [0.25, 0.3) is 10.2 Å². The molecule has 0 radical (unpaired) electrons. The number of thiophene rings is 2. The molecule has 0 atom stereocenters. The molecule has 0 aromatic carbocycles. The highest BCUT2D eigenvalue weighted by Crippen LogP contribution is 2.24. The highest BCUT2D eigenvalue weighted by atomic mass is 32.1. The number of rotatable bonds is 1. The highest BCUT2D eigenvalue weighted by molar-refractivity contribution is 7.16. The fourth-order valence-electron chi connectivity index (χ4n) is 1.95. The van der Waals surface area contributed by atoms with E-state index in [1.807, 2.05) is 24.6 Å². The first-order valence-electron chi connectivity index (χ1n) is 6.47. The molecule has 0 aliphatic heterocycles. The number of H-pyrrole nitrogens is 2. The van der Waals surface area contributed by atoms with E-state index in [1.165, 1.54) is 29.8 Å². The average molecular weight is 353 g/mol. The van der Waals surface area contributed by atoms with Crippen molar-refractivity contribution in [2.75, 3.05) is 12.8 Å². The fraction of sp³-hybridized carbons (Fsp3) is 0.214. The second-order valence-corrected chi connectivity index (χ2v) is 6.47. The molecule has 0 unspecified atom stereocenters. The molecule has 0 aliphatic carbocycles. The summed E-state index contributed by atoms with van der Waals surface area (Å²) in [6, 6.07) is 0. The summed E-state index contributed by atoms with van der Waals surface area (Å²) < 4.78 is 4.54. The van der Waals surface area contributed by atoms with E-state index < -0.39 is 5.69 Å². The van der Waals surface area contributed by atoms with Crippen LogP contribution in [0, 0.1) is 13.8 Å². The average Bonchev–Trinajstić information content (AvgIpc) is 3.02. The summed E-state index contributed by atoms with van der Waals surface area (Å²) in [4.78, 5) is 38.4. The van der Waals surface area contributed by atoms with E-state index >= 15 is 0 Å². The van der Waals surface area contributed by atoms with Crippen LogP contribution in [-0.4, -0.2) is 23.0 Å². The summed E-state index contributed by atoms with van der Waals surface area (Å²) in [6.45, 7) is 3.67. The number of hydrogen-bond donors (Lipinski definition) is 3. The maximum absolute atomic E-state index is 11.2. The van der Waals surface area contributed by atoms with Crippen molar-refractivity contribution in [1.29, 1.82) is 0 Å². The number of aryl methyl sites for hydroxylation is 2. The number of fused-ring (bicyclic) bond motifs is 1. The van der Waals surface area contributed by atoms with Gasteiger partial charge in [-0.25, -0.2) is 9.59 Å². The van der Waals surface area contributed by atoms with Gasteiger partial charge in [-0.3, -0.25) is 14.8 Å². The molecule has 3 heterocycles. The Morgan fingerprint density at radius 3 is 2.35 bits per heavy atom. The number of anilines is 1. The number of carbonyl (C=O) groups is 1. The van der Waals surface area contributed by atoms with Gasteiger partial charge in [0.2, 0.25) is 0 Å². The van der Waals surface area contributed by atoms with Gasteiger partial charge < -0.3 is 10.5 Å². The molecule has 3 rings (SSSR count). The topological polar surface area (TPSA) is 118 Å². The number of ether oxygens (including phenoxy) is 1. The number of aromatic nitrogens is 2. The number of aromatic amines is 2. The lowest BCUT2D eigenvalue weighted by Crippen LogP contribution is -2.21. The molecule has 3 aromatic rings. The Labute approximate surface area is 138 Å². The Morgan fingerprint density at radius 1 is 1.13 bits per heavy atom. The number of nitrogen functional groups attached to an aromatic ring is 1. The van der Waals surface area contributed by atoms with Gasteiger partial charge in [0.05, 0.1) is 18.1 Å². The van der Waals surface area contributed by atoms with Gasteiger partial charge >= 0.3 is 11.7 Å². The Morgan fingerprint density at radius 2 is 1.78 bits per heavy atom. The van der Waals surface area contributed by atoms with E-state index in [0.717, 1.165) is 11.1 Å². The van der Waals surface area contributed by atoms with Gasteiger partial charge in [0.25, 0.3) is 5.56 Å². The van der Waals surface area contributed by atoms with Gasteiger partial charge in [-0.05, 0) is 35.7 Å². The standard InChI is InChI=1S/C7H6N2O2S.C7H9NO2S/c1-3-2-12-6-4(3)5(10)8-7(11)9-6;1-4-3-11-6(8)5(4)7(9)10-2/h2H,1H3,(H2,8,9,10,11);3H,8H2,1-2H3. The first kappa shape index (κ1) is 17.0. The molecule has 0 amide bonds. The van der Waals surface area contributed by atoms with Crippen molar-refractivity contribution in [3.63, 3.8) is 0 Å². The highest BCUT2D eigenvalue weighted by Gasteiger charge is 2.14. The largest absolute Gasteiger partial charge is 0.465 e. The summed E-state index contributed by atoms with van der Waals surface area (Å²) in [5, 5.41) is 4.78. The van der Waals surface area contributed by atoms with Crippen LogP contribution in [0.1, 0.15) is 21.5 Å². The van der Waals surface area contributed by atoms with Crippen LogP contribution < -0.4 is 17.0 Å². The minimum Gasteiger partial charge on any atom is -0.465 e. The van der Waals surface area contributed by atoms with E-state index in [9.17, 15) is 14.4 Å². The van der Waals surface area contributed by atoms with E-state index in [-0.39, 0.29) is 11.5 Å². The molecular formula is C14H15N3O4S2. The van der Waals surface area contributed by atoms with Crippen LogP contribution in [0.2, 0.25) is 0 Å². The number of nitrogens with one attached hydrogen (secondary N) is 2. The lowest BCUT2D eigenvalue weighted by atomic mass is 10.2. The minimum atomic E-state index is -0.450. The van der Waals surface area contributed by atoms with Gasteiger partial charge in [0, 0.05) is 0 Å². The number of hydrogen-bond acceptors (Lipinski definition) is 7. The van der Waals surface area contributed by atoms with Gasteiger partial charge in [-0.1, -0.05) is 0 Å². The van der Waals surface area contributed by atoms with Crippen molar-refractivity contribution in [3.05, 3.63) is 48.3 Å². The van der Waals surface area contributed by atoms with Gasteiger partial charge in [-0.15, -0.1) is 22.7 Å². The van der Waals surface area contributed by atoms with Crippen molar-refractivity contribution in [3.8, 4) is 0 Å². The van der Waals surface area contributed by atoms with Crippen LogP contribution in [0.4, 0.5) is 5.00 Å². The summed E-state index contributed by atoms with van der Waals surface area (Å²) in [5.41, 5.74) is 7.04. The second-order valence-electron chi connectivity index (χ2n) is 4.68. The van der Waals surface area contributed by atoms with Crippen molar-refractivity contribution in [2.24, 2.45) is 0 Å². The molecule has 0 spiro atoms. The first-order valence-corrected chi connectivity index (χ1v) is 8.23. The van der Waals surface area contributed by atoms with Gasteiger partial charge in [-0.2, -0.15) is 0 Å². The summed E-state index contributed by atoms with van der Waals surface area (Å²) >= 11 is 2.72. The predicted octanol–water partition coefficient (Wildman–Crippen LogP) is 2.01. The minimum absolute atomic E-state index is 0.312.